The minimum Gasteiger partial charge on any atom is -0.453 e. The number of morpholine rings is 2. The molecule has 0 saturated carbocycles. The van der Waals surface area contributed by atoms with Crippen LogP contribution in [0.2, 0.25) is 0 Å². The van der Waals surface area contributed by atoms with Gasteiger partial charge < -0.3 is 24.0 Å². The van der Waals surface area contributed by atoms with Crippen molar-refractivity contribution in [1.82, 2.24) is 0 Å². The van der Waals surface area contributed by atoms with Crippen LogP contribution in [0.25, 0.3) is 0 Å². The minimum absolute atomic E-state index is 0.763. The van der Waals surface area contributed by atoms with Gasteiger partial charge in [0.2, 0.25) is 0 Å². The summed E-state index contributed by atoms with van der Waals surface area (Å²) in [5.74, 6) is 1.79. The Hall–Kier alpha value is -2.24. The van der Waals surface area contributed by atoms with E-state index in [1.165, 1.54) is 0 Å². The molecule has 0 aromatic heterocycles. The molecule has 0 bridgehead atoms. The molecule has 2 aromatic rings. The highest BCUT2D eigenvalue weighted by Gasteiger charge is 2.19. The van der Waals surface area contributed by atoms with E-state index < -0.39 is 0 Å². The van der Waals surface area contributed by atoms with Gasteiger partial charge in [-0.1, -0.05) is 24.3 Å². The average molecular weight is 340 g/mol. The second kappa shape index (κ2) is 7.76. The maximum Gasteiger partial charge on any atom is 0.150 e. The van der Waals surface area contributed by atoms with Crippen molar-refractivity contribution in [3.8, 4) is 11.5 Å². The second-order valence-electron chi connectivity index (χ2n) is 6.24. The monoisotopic (exact) mass is 340 g/mol. The first-order valence-corrected chi connectivity index (χ1v) is 8.93. The Morgan fingerprint density at radius 1 is 0.600 bits per heavy atom. The van der Waals surface area contributed by atoms with E-state index in [1.807, 2.05) is 24.3 Å². The van der Waals surface area contributed by atoms with Gasteiger partial charge in [0.15, 0.2) is 11.5 Å². The van der Waals surface area contributed by atoms with Crippen LogP contribution in [-0.2, 0) is 9.47 Å². The molecule has 25 heavy (non-hydrogen) atoms. The fraction of sp³-hybridized carbons (Fsp3) is 0.400. The lowest BCUT2D eigenvalue weighted by Crippen LogP contribution is -2.36. The van der Waals surface area contributed by atoms with E-state index >= 15 is 0 Å². The predicted molar refractivity (Wildman–Crippen MR) is 99.0 cm³/mol. The normalized spacial score (nSPS) is 18.2. The molecule has 2 heterocycles. The molecular formula is C20H24N2O3. The predicted octanol–water partition coefficient (Wildman–Crippen LogP) is 3.15. The first-order valence-electron chi connectivity index (χ1n) is 8.93. The Morgan fingerprint density at radius 2 is 1.00 bits per heavy atom. The van der Waals surface area contributed by atoms with E-state index in [1.54, 1.807) is 0 Å². The van der Waals surface area contributed by atoms with E-state index in [-0.39, 0.29) is 0 Å². The summed E-state index contributed by atoms with van der Waals surface area (Å²) in [6, 6.07) is 16.5. The molecule has 0 radical (unpaired) electrons. The van der Waals surface area contributed by atoms with E-state index in [2.05, 4.69) is 34.1 Å². The van der Waals surface area contributed by atoms with Crippen LogP contribution in [0, 0.1) is 0 Å². The number of para-hydroxylation sites is 4. The lowest BCUT2D eigenvalue weighted by atomic mass is 10.2. The Morgan fingerprint density at radius 3 is 1.44 bits per heavy atom. The molecule has 5 nitrogen and oxygen atoms in total. The summed E-state index contributed by atoms with van der Waals surface area (Å²) in [5, 5.41) is 0. The van der Waals surface area contributed by atoms with Crippen LogP contribution in [0.3, 0.4) is 0 Å². The Balaban J connectivity index is 1.60. The number of ether oxygens (including phenoxy) is 3. The summed E-state index contributed by atoms with van der Waals surface area (Å²) in [6.45, 7) is 6.63. The van der Waals surface area contributed by atoms with Crippen molar-refractivity contribution in [3.05, 3.63) is 48.5 Å². The first kappa shape index (κ1) is 16.2. The highest BCUT2D eigenvalue weighted by molar-refractivity contribution is 5.64. The van der Waals surface area contributed by atoms with Gasteiger partial charge in [0.1, 0.15) is 0 Å². The van der Waals surface area contributed by atoms with Crippen LogP contribution in [0.1, 0.15) is 0 Å². The maximum absolute atomic E-state index is 6.38. The third-order valence-corrected chi connectivity index (χ3v) is 4.65. The average Bonchev–Trinajstić information content (AvgIpc) is 2.70. The molecule has 0 unspecified atom stereocenters. The largest absolute Gasteiger partial charge is 0.453 e. The van der Waals surface area contributed by atoms with Gasteiger partial charge in [-0.2, -0.15) is 0 Å². The van der Waals surface area contributed by atoms with Gasteiger partial charge in [0, 0.05) is 26.2 Å². The molecule has 2 aromatic carbocycles. The van der Waals surface area contributed by atoms with Crippen molar-refractivity contribution < 1.29 is 14.2 Å². The zero-order valence-corrected chi connectivity index (χ0v) is 14.4. The quantitative estimate of drug-likeness (QED) is 0.854. The topological polar surface area (TPSA) is 34.2 Å². The van der Waals surface area contributed by atoms with Gasteiger partial charge in [-0.15, -0.1) is 0 Å². The van der Waals surface area contributed by atoms with Crippen LogP contribution in [0.4, 0.5) is 11.4 Å². The van der Waals surface area contributed by atoms with Gasteiger partial charge in [0.25, 0.3) is 0 Å². The van der Waals surface area contributed by atoms with Crippen molar-refractivity contribution in [2.75, 3.05) is 62.4 Å². The number of anilines is 2. The molecule has 5 heteroatoms. The number of nitrogens with zero attached hydrogens (tertiary/aromatic N) is 2. The van der Waals surface area contributed by atoms with E-state index in [9.17, 15) is 0 Å². The fourth-order valence-electron chi connectivity index (χ4n) is 3.34. The summed E-state index contributed by atoms with van der Waals surface area (Å²) in [7, 11) is 0. The number of hydrogen-bond acceptors (Lipinski definition) is 5. The molecule has 2 saturated heterocycles. The van der Waals surface area contributed by atoms with Gasteiger partial charge >= 0.3 is 0 Å². The molecular weight excluding hydrogens is 316 g/mol. The molecule has 0 amide bonds. The molecule has 4 rings (SSSR count). The molecule has 0 aliphatic carbocycles. The molecule has 2 aliphatic heterocycles. The smallest absolute Gasteiger partial charge is 0.150 e. The van der Waals surface area contributed by atoms with Crippen molar-refractivity contribution in [2.24, 2.45) is 0 Å². The first-order chi connectivity index (χ1) is 12.4. The SMILES string of the molecule is c1ccc(N2CCOCC2)c(Oc2ccccc2N2CCOCC2)c1. The van der Waals surface area contributed by atoms with Crippen LogP contribution in [-0.4, -0.2) is 52.6 Å². The van der Waals surface area contributed by atoms with Gasteiger partial charge in [-0.05, 0) is 24.3 Å². The Labute approximate surface area is 148 Å². The van der Waals surface area contributed by atoms with Gasteiger partial charge in [-0.25, -0.2) is 0 Å². The van der Waals surface area contributed by atoms with Crippen molar-refractivity contribution in [2.45, 2.75) is 0 Å². The van der Waals surface area contributed by atoms with Crippen molar-refractivity contribution in [1.29, 1.82) is 0 Å². The number of hydrogen-bond donors (Lipinski definition) is 0. The van der Waals surface area contributed by atoms with Crippen LogP contribution < -0.4 is 14.5 Å². The summed E-state index contributed by atoms with van der Waals surface area (Å²) in [6.07, 6.45) is 0. The summed E-state index contributed by atoms with van der Waals surface area (Å²) >= 11 is 0. The molecule has 2 aliphatic rings. The lowest BCUT2D eigenvalue weighted by molar-refractivity contribution is 0.122. The van der Waals surface area contributed by atoms with E-state index in [4.69, 9.17) is 14.2 Å². The summed E-state index contributed by atoms with van der Waals surface area (Å²) in [4.78, 5) is 4.66. The Bertz CT molecular complexity index is 635. The Kier molecular flexibility index (Phi) is 5.04. The number of rotatable bonds is 4. The van der Waals surface area contributed by atoms with E-state index in [0.29, 0.717) is 0 Å². The van der Waals surface area contributed by atoms with Gasteiger partial charge in [0.05, 0.1) is 37.8 Å². The highest BCUT2D eigenvalue weighted by Crippen LogP contribution is 2.37. The van der Waals surface area contributed by atoms with Crippen molar-refractivity contribution in [3.63, 3.8) is 0 Å². The van der Waals surface area contributed by atoms with Crippen molar-refractivity contribution >= 4 is 11.4 Å². The van der Waals surface area contributed by atoms with Gasteiger partial charge in [-0.3, -0.25) is 0 Å². The third kappa shape index (κ3) is 3.72. The fourth-order valence-corrected chi connectivity index (χ4v) is 3.34. The molecule has 0 atom stereocenters. The lowest BCUT2D eigenvalue weighted by Gasteiger charge is -2.32. The number of benzene rings is 2. The summed E-state index contributed by atoms with van der Waals surface area (Å²) in [5.41, 5.74) is 2.25. The zero-order valence-electron chi connectivity index (χ0n) is 14.4. The molecule has 0 spiro atoms. The van der Waals surface area contributed by atoms with Crippen LogP contribution in [0.5, 0.6) is 11.5 Å². The summed E-state index contributed by atoms with van der Waals surface area (Å²) < 4.78 is 17.3. The highest BCUT2D eigenvalue weighted by atomic mass is 16.5. The molecule has 0 N–H and O–H groups in total. The minimum atomic E-state index is 0.763. The molecule has 132 valence electrons. The standard InChI is InChI=1S/C20H24N2O3/c1-3-7-19(17(5-1)21-9-13-23-14-10-21)25-20-8-4-2-6-18(20)22-11-15-24-16-12-22/h1-8H,9-16H2. The maximum atomic E-state index is 6.38. The third-order valence-electron chi connectivity index (χ3n) is 4.65. The zero-order chi connectivity index (χ0) is 16.9. The van der Waals surface area contributed by atoms with E-state index in [0.717, 1.165) is 75.5 Å². The van der Waals surface area contributed by atoms with Crippen LogP contribution >= 0.6 is 0 Å². The van der Waals surface area contributed by atoms with Crippen LogP contribution in [0.15, 0.2) is 48.5 Å². The second-order valence-corrected chi connectivity index (χ2v) is 6.24. The molecule has 2 fully saturated rings.